The smallest absolute Gasteiger partial charge is 0.294 e. The van der Waals surface area contributed by atoms with Gasteiger partial charge >= 0.3 is 0 Å². The molecule has 0 radical (unpaired) electrons. The minimum atomic E-state index is -0.159. The summed E-state index contributed by atoms with van der Waals surface area (Å²) in [5.74, 6) is 0.316. The minimum Gasteiger partial charge on any atom is -0.376 e. The van der Waals surface area contributed by atoms with Crippen molar-refractivity contribution in [1.82, 2.24) is 14.9 Å². The van der Waals surface area contributed by atoms with Gasteiger partial charge in [0.1, 0.15) is 0 Å². The van der Waals surface area contributed by atoms with Crippen molar-refractivity contribution in [2.24, 2.45) is 5.92 Å². The van der Waals surface area contributed by atoms with Crippen LogP contribution in [0.2, 0.25) is 0 Å². The van der Waals surface area contributed by atoms with Crippen LogP contribution in [0.3, 0.4) is 0 Å². The number of hydrogen-bond acceptors (Lipinski definition) is 5. The van der Waals surface area contributed by atoms with Gasteiger partial charge in [-0.2, -0.15) is 0 Å². The number of ether oxygens (including phenoxy) is 1. The van der Waals surface area contributed by atoms with E-state index < -0.39 is 0 Å². The lowest BCUT2D eigenvalue weighted by Crippen LogP contribution is -2.46. The molecule has 2 saturated heterocycles. The molecule has 2 aliphatic heterocycles. The molecule has 1 amide bonds. The van der Waals surface area contributed by atoms with Crippen molar-refractivity contribution in [3.8, 4) is 0 Å². The van der Waals surface area contributed by atoms with Gasteiger partial charge in [0.25, 0.3) is 5.56 Å². The Labute approximate surface area is 199 Å². The number of aryl methyl sites for hydroxylation is 1. The molecule has 2 aromatic carbocycles. The normalized spacial score (nSPS) is 20.6. The maximum absolute atomic E-state index is 13.7. The number of rotatable bonds is 6. The number of benzene rings is 2. The zero-order valence-corrected chi connectivity index (χ0v) is 19.7. The zero-order chi connectivity index (χ0) is 23.5. The van der Waals surface area contributed by atoms with Gasteiger partial charge in [-0.25, -0.2) is 4.98 Å². The number of nitrogens with zero attached hydrogens (tertiary/aromatic N) is 3. The van der Waals surface area contributed by atoms with Gasteiger partial charge < -0.3 is 15.0 Å². The Bertz CT molecular complexity index is 1210. The quantitative estimate of drug-likeness (QED) is 0.611. The molecule has 0 unspecified atom stereocenters. The third kappa shape index (κ3) is 4.85. The Morgan fingerprint density at radius 1 is 1.12 bits per heavy atom. The average molecular weight is 461 g/mol. The van der Waals surface area contributed by atoms with Gasteiger partial charge in [-0.05, 0) is 50.3 Å². The van der Waals surface area contributed by atoms with Crippen LogP contribution in [0.25, 0.3) is 11.0 Å². The minimum absolute atomic E-state index is 0.0426. The van der Waals surface area contributed by atoms with E-state index in [1.807, 2.05) is 33.7 Å². The number of amides is 1. The predicted molar refractivity (Wildman–Crippen MR) is 133 cm³/mol. The maximum atomic E-state index is 13.7. The Hall–Kier alpha value is -3.19. The highest BCUT2D eigenvalue weighted by atomic mass is 16.5. The van der Waals surface area contributed by atoms with E-state index in [1.165, 1.54) is 5.56 Å². The number of anilines is 1. The molecule has 3 aromatic rings. The molecule has 2 atom stereocenters. The number of carbonyl (C=O) groups is 1. The van der Waals surface area contributed by atoms with Crippen LogP contribution in [0.1, 0.15) is 36.8 Å². The fourth-order valence-corrected chi connectivity index (χ4v) is 4.97. The third-order valence-corrected chi connectivity index (χ3v) is 6.92. The predicted octanol–water partition coefficient (Wildman–Crippen LogP) is 3.26. The molecule has 2 fully saturated rings. The SMILES string of the molecule is Cc1ccc(Cn2c(=O)c(N3CCC[C@H](C(=O)NC[C@H]4CCCO4)C3)nc3ccccc32)cc1. The summed E-state index contributed by atoms with van der Waals surface area (Å²) in [6.07, 6.45) is 3.85. The van der Waals surface area contributed by atoms with Crippen molar-refractivity contribution in [1.29, 1.82) is 0 Å². The van der Waals surface area contributed by atoms with Gasteiger partial charge in [-0.15, -0.1) is 0 Å². The number of aromatic nitrogens is 2. The van der Waals surface area contributed by atoms with Gasteiger partial charge in [0.2, 0.25) is 5.91 Å². The first-order valence-corrected chi connectivity index (χ1v) is 12.3. The fourth-order valence-electron chi connectivity index (χ4n) is 4.97. The van der Waals surface area contributed by atoms with E-state index in [9.17, 15) is 9.59 Å². The molecule has 5 rings (SSSR count). The van der Waals surface area contributed by atoms with Gasteiger partial charge in [0.15, 0.2) is 5.82 Å². The molecule has 2 aliphatic rings. The third-order valence-electron chi connectivity index (χ3n) is 6.92. The van der Waals surface area contributed by atoms with Crippen molar-refractivity contribution in [2.45, 2.75) is 45.3 Å². The van der Waals surface area contributed by atoms with Crippen LogP contribution < -0.4 is 15.8 Å². The molecule has 7 heteroatoms. The van der Waals surface area contributed by atoms with E-state index in [0.29, 0.717) is 25.5 Å². The lowest BCUT2D eigenvalue weighted by molar-refractivity contribution is -0.125. The van der Waals surface area contributed by atoms with Gasteiger partial charge in [-0.3, -0.25) is 14.2 Å². The highest BCUT2D eigenvalue weighted by Crippen LogP contribution is 2.23. The molecule has 0 bridgehead atoms. The first-order chi connectivity index (χ1) is 16.6. The van der Waals surface area contributed by atoms with Crippen molar-refractivity contribution in [3.05, 3.63) is 70.0 Å². The van der Waals surface area contributed by atoms with Crippen LogP contribution in [0.4, 0.5) is 5.82 Å². The van der Waals surface area contributed by atoms with Crippen LogP contribution in [0.15, 0.2) is 53.3 Å². The van der Waals surface area contributed by atoms with Crippen LogP contribution >= 0.6 is 0 Å². The lowest BCUT2D eigenvalue weighted by atomic mass is 9.97. The Morgan fingerprint density at radius 3 is 2.74 bits per heavy atom. The summed E-state index contributed by atoms with van der Waals surface area (Å²) in [7, 11) is 0. The molecule has 0 aliphatic carbocycles. The molecular formula is C27H32N4O3. The molecule has 178 valence electrons. The van der Waals surface area contributed by atoms with Crippen LogP contribution in [0, 0.1) is 12.8 Å². The van der Waals surface area contributed by atoms with Crippen LogP contribution in [-0.2, 0) is 16.1 Å². The summed E-state index contributed by atoms with van der Waals surface area (Å²) < 4.78 is 7.44. The number of piperidine rings is 1. The maximum Gasteiger partial charge on any atom is 0.294 e. The first kappa shape index (κ1) is 22.6. The zero-order valence-electron chi connectivity index (χ0n) is 19.7. The van der Waals surface area contributed by atoms with E-state index in [-0.39, 0.29) is 23.5 Å². The molecule has 34 heavy (non-hydrogen) atoms. The second kappa shape index (κ2) is 9.97. The number of hydrogen-bond donors (Lipinski definition) is 1. The summed E-state index contributed by atoms with van der Waals surface area (Å²) >= 11 is 0. The number of carbonyl (C=O) groups excluding carboxylic acids is 1. The summed E-state index contributed by atoms with van der Waals surface area (Å²) in [5.41, 5.74) is 3.75. The second-order valence-electron chi connectivity index (χ2n) is 9.47. The highest BCUT2D eigenvalue weighted by molar-refractivity contribution is 5.80. The summed E-state index contributed by atoms with van der Waals surface area (Å²) in [4.78, 5) is 33.3. The van der Waals surface area contributed by atoms with Crippen LogP contribution in [-0.4, -0.2) is 47.8 Å². The number of fused-ring (bicyclic) bond motifs is 1. The lowest BCUT2D eigenvalue weighted by Gasteiger charge is -2.33. The standard InChI is InChI=1S/C27H32N4O3/c1-19-10-12-20(13-11-19)17-31-24-9-3-2-8-23(24)29-25(27(31)33)30-14-4-6-21(18-30)26(32)28-16-22-7-5-15-34-22/h2-3,8-13,21-22H,4-7,14-18H2,1H3,(H,28,32)/t21-,22+/m0/s1. The van der Waals surface area contributed by atoms with E-state index in [1.54, 1.807) is 0 Å². The number of nitrogens with one attached hydrogen (secondary N) is 1. The number of para-hydroxylation sites is 2. The van der Waals surface area contributed by atoms with Gasteiger partial charge in [0.05, 0.1) is 29.6 Å². The van der Waals surface area contributed by atoms with Gasteiger partial charge in [0, 0.05) is 26.2 Å². The fraction of sp³-hybridized carbons (Fsp3) is 0.444. The molecule has 3 heterocycles. The highest BCUT2D eigenvalue weighted by Gasteiger charge is 2.29. The van der Waals surface area contributed by atoms with E-state index in [4.69, 9.17) is 9.72 Å². The van der Waals surface area contributed by atoms with Crippen molar-refractivity contribution < 1.29 is 9.53 Å². The second-order valence-corrected chi connectivity index (χ2v) is 9.47. The van der Waals surface area contributed by atoms with Crippen molar-refractivity contribution in [3.63, 3.8) is 0 Å². The Morgan fingerprint density at radius 2 is 1.94 bits per heavy atom. The topological polar surface area (TPSA) is 76.5 Å². The Balaban J connectivity index is 1.40. The molecule has 1 N–H and O–H groups in total. The first-order valence-electron chi connectivity index (χ1n) is 12.3. The van der Waals surface area contributed by atoms with Crippen molar-refractivity contribution in [2.75, 3.05) is 31.1 Å². The summed E-state index contributed by atoms with van der Waals surface area (Å²) in [5, 5.41) is 3.06. The Kier molecular flexibility index (Phi) is 6.63. The molecular weight excluding hydrogens is 428 g/mol. The summed E-state index contributed by atoms with van der Waals surface area (Å²) in [6, 6.07) is 16.0. The summed E-state index contributed by atoms with van der Waals surface area (Å²) in [6.45, 7) is 5.10. The van der Waals surface area contributed by atoms with E-state index >= 15 is 0 Å². The van der Waals surface area contributed by atoms with E-state index in [0.717, 1.165) is 55.4 Å². The van der Waals surface area contributed by atoms with Crippen LogP contribution in [0.5, 0.6) is 0 Å². The monoisotopic (exact) mass is 460 g/mol. The van der Waals surface area contributed by atoms with Gasteiger partial charge in [-0.1, -0.05) is 42.0 Å². The van der Waals surface area contributed by atoms with Crippen molar-refractivity contribution >= 4 is 22.8 Å². The molecule has 1 aromatic heterocycles. The average Bonchev–Trinajstić information content (AvgIpc) is 3.39. The van der Waals surface area contributed by atoms with E-state index in [2.05, 4.69) is 36.5 Å². The molecule has 0 spiro atoms. The largest absolute Gasteiger partial charge is 0.376 e. The molecule has 7 nitrogen and oxygen atoms in total. The molecule has 0 saturated carbocycles.